The van der Waals surface area contributed by atoms with E-state index in [-0.39, 0.29) is 5.56 Å². The number of halogens is 3. The smallest absolute Gasteiger partial charge is 0.491 e. The van der Waals surface area contributed by atoms with Gasteiger partial charge < -0.3 is 20.1 Å². The number of carbonyl (C=O) groups excluding carboxylic acids is 3. The second-order valence-electron chi connectivity index (χ2n) is 9.68. The molecular weight excluding hydrogens is 589 g/mol. The number of carbonyl (C=O) groups is 3. The second-order valence-corrected chi connectivity index (χ2v) is 9.68. The number of hydrogen-bond acceptors (Lipinski definition) is 8. The van der Waals surface area contributed by atoms with Gasteiger partial charge in [0.15, 0.2) is 0 Å². The van der Waals surface area contributed by atoms with E-state index >= 15 is 0 Å². The normalized spacial score (nSPS) is 11.5. The molecule has 4 aromatic rings. The number of esters is 2. The molecule has 3 aromatic carbocycles. The molecule has 2 N–H and O–H groups in total. The van der Waals surface area contributed by atoms with Crippen LogP contribution in [-0.4, -0.2) is 42.2 Å². The van der Waals surface area contributed by atoms with Crippen LogP contribution in [0.25, 0.3) is 11.1 Å². The van der Waals surface area contributed by atoms with Gasteiger partial charge in [-0.3, -0.25) is 9.59 Å². The Hall–Kier alpha value is -5.70. The van der Waals surface area contributed by atoms with Crippen molar-refractivity contribution in [3.8, 4) is 22.9 Å². The summed E-state index contributed by atoms with van der Waals surface area (Å²) in [6.07, 6.45) is -3.79. The first-order valence-electron chi connectivity index (χ1n) is 13.7. The lowest BCUT2D eigenvalue weighted by Gasteiger charge is -2.19. The van der Waals surface area contributed by atoms with Crippen molar-refractivity contribution in [1.29, 1.82) is 5.26 Å². The van der Waals surface area contributed by atoms with E-state index in [9.17, 15) is 32.8 Å². The van der Waals surface area contributed by atoms with E-state index in [2.05, 4.69) is 26.4 Å². The van der Waals surface area contributed by atoms with E-state index in [1.54, 1.807) is 66.9 Å². The molecule has 230 valence electrons. The Morgan fingerprint density at radius 1 is 0.911 bits per heavy atom. The van der Waals surface area contributed by atoms with Crippen LogP contribution in [-0.2, 0) is 14.3 Å². The molecule has 1 aromatic heterocycles. The van der Waals surface area contributed by atoms with Gasteiger partial charge in [0.05, 0.1) is 30.7 Å². The number of nitriles is 1. The first kappa shape index (κ1) is 32.2. The summed E-state index contributed by atoms with van der Waals surface area (Å²) in [7, 11) is 0. The molecule has 45 heavy (non-hydrogen) atoms. The van der Waals surface area contributed by atoms with Gasteiger partial charge in [-0.05, 0) is 65.6 Å². The molecule has 1 unspecified atom stereocenters. The van der Waals surface area contributed by atoms with Crippen LogP contribution in [0.1, 0.15) is 40.4 Å². The van der Waals surface area contributed by atoms with Crippen molar-refractivity contribution < 1.29 is 37.0 Å². The van der Waals surface area contributed by atoms with Gasteiger partial charge in [-0.25, -0.2) is 9.78 Å². The maximum Gasteiger partial charge on any atom is 0.491 e. The maximum atomic E-state index is 13.2. The number of ether oxygens (including phenoxy) is 2. The minimum Gasteiger partial charge on any atom is -0.494 e. The summed E-state index contributed by atoms with van der Waals surface area (Å²) >= 11 is 0. The Kier molecular flexibility index (Phi) is 10.8. The molecule has 1 amide bonds. The summed E-state index contributed by atoms with van der Waals surface area (Å²) in [4.78, 5) is 40.9. The highest BCUT2D eigenvalue weighted by Gasteiger charge is 2.42. The third-order valence-corrected chi connectivity index (χ3v) is 6.41. The first-order chi connectivity index (χ1) is 21.6. The number of aromatic nitrogens is 1. The molecule has 0 aliphatic carbocycles. The van der Waals surface area contributed by atoms with Crippen LogP contribution < -0.4 is 15.4 Å². The van der Waals surface area contributed by atoms with E-state index in [1.165, 1.54) is 12.1 Å². The molecule has 12 heteroatoms. The van der Waals surface area contributed by atoms with Gasteiger partial charge in [0.25, 0.3) is 5.91 Å². The van der Waals surface area contributed by atoms with E-state index in [4.69, 9.17) is 4.74 Å². The predicted molar refractivity (Wildman–Crippen MR) is 158 cm³/mol. The molecule has 0 aliphatic heterocycles. The molecule has 1 atom stereocenters. The predicted octanol–water partition coefficient (Wildman–Crippen LogP) is 5.99. The first-order valence-corrected chi connectivity index (χ1v) is 13.7. The summed E-state index contributed by atoms with van der Waals surface area (Å²) in [5.41, 5.74) is 2.45. The van der Waals surface area contributed by atoms with Crippen LogP contribution in [0.4, 0.5) is 19.0 Å². The quantitative estimate of drug-likeness (QED) is 0.113. The summed E-state index contributed by atoms with van der Waals surface area (Å²) in [6.45, 7) is 0.949. The highest BCUT2D eigenvalue weighted by molar-refractivity contribution is 5.95. The fourth-order valence-electron chi connectivity index (χ4n) is 4.21. The van der Waals surface area contributed by atoms with Crippen molar-refractivity contribution in [2.45, 2.75) is 25.1 Å². The third-order valence-electron chi connectivity index (χ3n) is 6.41. The highest BCUT2D eigenvalue weighted by atomic mass is 19.4. The summed E-state index contributed by atoms with van der Waals surface area (Å²) < 4.78 is 47.7. The fourth-order valence-corrected chi connectivity index (χ4v) is 4.21. The van der Waals surface area contributed by atoms with Gasteiger partial charge in [-0.2, -0.15) is 18.4 Å². The Balaban J connectivity index is 1.44. The summed E-state index contributed by atoms with van der Waals surface area (Å²) in [5.74, 6) is -3.60. The largest absolute Gasteiger partial charge is 0.494 e. The number of nitrogens with zero attached hydrogens (tertiary/aromatic N) is 2. The molecule has 4 rings (SSSR count). The zero-order chi connectivity index (χ0) is 32.2. The third kappa shape index (κ3) is 9.65. The van der Waals surface area contributed by atoms with Crippen LogP contribution in [0.15, 0.2) is 97.2 Å². The molecule has 0 saturated heterocycles. The van der Waals surface area contributed by atoms with Gasteiger partial charge in [0.2, 0.25) is 0 Å². The second kappa shape index (κ2) is 15.2. The Labute approximate surface area is 256 Å². The van der Waals surface area contributed by atoms with Crippen molar-refractivity contribution in [2.24, 2.45) is 0 Å². The minimum atomic E-state index is -5.36. The van der Waals surface area contributed by atoms with Crippen molar-refractivity contribution in [3.63, 3.8) is 0 Å². The van der Waals surface area contributed by atoms with Crippen molar-refractivity contribution in [2.75, 3.05) is 18.5 Å². The average molecular weight is 617 g/mol. The molecule has 0 aliphatic rings. The number of amides is 1. The summed E-state index contributed by atoms with van der Waals surface area (Å²) in [5, 5.41) is 15.0. The number of pyridine rings is 1. The average Bonchev–Trinajstić information content (AvgIpc) is 3.04. The van der Waals surface area contributed by atoms with Crippen molar-refractivity contribution >= 4 is 23.7 Å². The highest BCUT2D eigenvalue weighted by Crippen LogP contribution is 2.26. The Morgan fingerprint density at radius 2 is 1.69 bits per heavy atom. The Bertz CT molecular complexity index is 1670. The van der Waals surface area contributed by atoms with Gasteiger partial charge in [0, 0.05) is 18.3 Å². The van der Waals surface area contributed by atoms with Gasteiger partial charge in [-0.1, -0.05) is 48.5 Å². The SMILES string of the molecule is N#Cc1cccc(-c2ccc(C(CC(=O)OC(=O)C(F)(F)F)NC(=O)c3cccc(OCCCNc4ccccn4)c3)cc2)c1. The number of benzene rings is 3. The fraction of sp³-hybridized carbons (Fsp3) is 0.182. The lowest BCUT2D eigenvalue weighted by Crippen LogP contribution is -2.33. The van der Waals surface area contributed by atoms with Gasteiger partial charge >= 0.3 is 18.1 Å². The minimum absolute atomic E-state index is 0.175. The number of anilines is 1. The van der Waals surface area contributed by atoms with Crippen molar-refractivity contribution in [1.82, 2.24) is 10.3 Å². The molecule has 0 fully saturated rings. The number of nitrogens with one attached hydrogen (secondary N) is 2. The monoisotopic (exact) mass is 616 g/mol. The molecule has 0 spiro atoms. The van der Waals surface area contributed by atoms with Crippen LogP contribution in [0.5, 0.6) is 5.75 Å². The standard InChI is InChI=1S/C33H27F3N4O5/c34-33(35,36)32(43)45-30(41)20-28(24-13-11-23(12-14-24)25-7-3-6-22(18-25)21-37)40-31(42)26-8-4-9-27(19-26)44-17-5-16-39-29-10-1-2-15-38-29/h1-4,6-15,18-19,28H,5,16-17,20H2,(H,38,39)(H,40,42). The maximum absolute atomic E-state index is 13.2. The van der Waals surface area contributed by atoms with Crippen LogP contribution in [0.3, 0.4) is 0 Å². The topological polar surface area (TPSA) is 130 Å². The zero-order valence-electron chi connectivity index (χ0n) is 23.7. The lowest BCUT2D eigenvalue weighted by molar-refractivity contribution is -0.202. The zero-order valence-corrected chi connectivity index (χ0v) is 23.7. The van der Waals surface area contributed by atoms with E-state index in [1.807, 2.05) is 18.2 Å². The van der Waals surface area contributed by atoms with E-state index in [0.29, 0.717) is 36.4 Å². The summed E-state index contributed by atoms with van der Waals surface area (Å²) in [6, 6.07) is 26.1. The molecule has 0 saturated carbocycles. The van der Waals surface area contributed by atoms with Crippen molar-refractivity contribution in [3.05, 3.63) is 114 Å². The lowest BCUT2D eigenvalue weighted by atomic mass is 9.98. The number of alkyl halides is 3. The number of hydrogen-bond donors (Lipinski definition) is 2. The van der Waals surface area contributed by atoms with E-state index in [0.717, 1.165) is 16.9 Å². The molecule has 0 bridgehead atoms. The molecule has 9 nitrogen and oxygen atoms in total. The van der Waals surface area contributed by atoms with Crippen LogP contribution in [0, 0.1) is 11.3 Å². The molecular formula is C33H27F3N4O5. The van der Waals surface area contributed by atoms with E-state index < -0.39 is 36.5 Å². The van der Waals surface area contributed by atoms with Gasteiger partial charge in [0.1, 0.15) is 11.6 Å². The molecule has 0 radical (unpaired) electrons. The molecule has 1 heterocycles. The van der Waals surface area contributed by atoms with Gasteiger partial charge in [-0.15, -0.1) is 0 Å². The Morgan fingerprint density at radius 3 is 2.40 bits per heavy atom. The number of rotatable bonds is 12. The van der Waals surface area contributed by atoms with Crippen LogP contribution in [0.2, 0.25) is 0 Å². The van der Waals surface area contributed by atoms with Crippen LogP contribution >= 0.6 is 0 Å².